The maximum Gasteiger partial charge on any atom is 0.295 e. The fourth-order valence-corrected chi connectivity index (χ4v) is 3.00. The van der Waals surface area contributed by atoms with Gasteiger partial charge in [0.2, 0.25) is 0 Å². The Kier molecular flexibility index (Phi) is 4.05. The highest BCUT2D eigenvalue weighted by atomic mass is 79.9. The molecule has 116 valence electrons. The summed E-state index contributed by atoms with van der Waals surface area (Å²) in [4.78, 5) is 25.8. The minimum Gasteiger partial charge on any atom is -0.507 e. The number of likely N-dealkylation sites (tertiary alicyclic amines) is 1. The van der Waals surface area contributed by atoms with Gasteiger partial charge in [0, 0.05) is 17.1 Å². The van der Waals surface area contributed by atoms with Crippen molar-refractivity contribution in [3.8, 4) is 0 Å². The molecule has 1 aliphatic heterocycles. The molecule has 1 amide bonds. The number of nitrogens with zero attached hydrogens (tertiary/aromatic N) is 1. The van der Waals surface area contributed by atoms with Crippen LogP contribution in [0.3, 0.4) is 0 Å². The highest BCUT2D eigenvalue weighted by Crippen LogP contribution is 2.38. The molecule has 1 saturated heterocycles. The van der Waals surface area contributed by atoms with Gasteiger partial charge in [-0.05, 0) is 17.7 Å². The predicted octanol–water partition coefficient (Wildman–Crippen LogP) is 3.50. The molecule has 0 spiro atoms. The average molecular weight is 372 g/mol. The highest BCUT2D eigenvalue weighted by Gasteiger charge is 2.44. The monoisotopic (exact) mass is 371 g/mol. The number of hydrogen-bond acceptors (Lipinski definition) is 3. The van der Waals surface area contributed by atoms with E-state index in [1.807, 2.05) is 30.3 Å². The molecule has 5 heteroatoms. The van der Waals surface area contributed by atoms with Crippen LogP contribution >= 0.6 is 15.9 Å². The van der Waals surface area contributed by atoms with Crippen LogP contribution in [-0.2, 0) is 9.59 Å². The number of Topliss-reactive ketones (excluding diaryl/α,β-unsaturated/α-hetero) is 1. The molecule has 0 aromatic heterocycles. The topological polar surface area (TPSA) is 57.6 Å². The molecule has 4 nitrogen and oxygen atoms in total. The Morgan fingerprint density at radius 3 is 2.26 bits per heavy atom. The molecule has 1 aliphatic rings. The van der Waals surface area contributed by atoms with Gasteiger partial charge in [-0.15, -0.1) is 0 Å². The van der Waals surface area contributed by atoms with Gasteiger partial charge in [-0.2, -0.15) is 0 Å². The summed E-state index contributed by atoms with van der Waals surface area (Å²) < 4.78 is 0.865. The summed E-state index contributed by atoms with van der Waals surface area (Å²) >= 11 is 3.33. The lowest BCUT2D eigenvalue weighted by molar-refractivity contribution is -0.139. The maximum absolute atomic E-state index is 12.4. The molecule has 0 saturated carbocycles. The first-order valence-corrected chi connectivity index (χ1v) is 7.85. The van der Waals surface area contributed by atoms with Crippen LogP contribution in [0.2, 0.25) is 0 Å². The number of benzene rings is 2. The van der Waals surface area contributed by atoms with Crippen molar-refractivity contribution in [1.82, 2.24) is 4.90 Å². The number of aliphatic hydroxyl groups is 1. The Morgan fingerprint density at radius 1 is 1.04 bits per heavy atom. The van der Waals surface area contributed by atoms with Gasteiger partial charge in [-0.25, -0.2) is 0 Å². The van der Waals surface area contributed by atoms with Crippen molar-refractivity contribution in [2.75, 3.05) is 7.05 Å². The Bertz CT molecular complexity index is 797. The first kappa shape index (κ1) is 15.5. The minimum atomic E-state index is -0.665. The quantitative estimate of drug-likeness (QED) is 0.499. The Hall–Kier alpha value is -2.40. The Labute approximate surface area is 142 Å². The van der Waals surface area contributed by atoms with E-state index in [1.54, 1.807) is 31.3 Å². The summed E-state index contributed by atoms with van der Waals surface area (Å²) in [7, 11) is 1.57. The molecular weight excluding hydrogens is 358 g/mol. The predicted molar refractivity (Wildman–Crippen MR) is 90.7 cm³/mol. The number of likely N-dealkylation sites (N-methyl/N-ethyl adjacent to an activating group) is 1. The Morgan fingerprint density at radius 2 is 1.65 bits per heavy atom. The third-order valence-corrected chi connectivity index (χ3v) is 4.44. The second-order valence-electron chi connectivity index (χ2n) is 5.33. The molecule has 1 atom stereocenters. The van der Waals surface area contributed by atoms with Crippen molar-refractivity contribution in [2.45, 2.75) is 6.04 Å². The first-order valence-electron chi connectivity index (χ1n) is 7.06. The number of amides is 1. The van der Waals surface area contributed by atoms with Gasteiger partial charge in [0.15, 0.2) is 0 Å². The number of carbonyl (C=O) groups excluding carboxylic acids is 2. The molecule has 0 radical (unpaired) electrons. The lowest BCUT2D eigenvalue weighted by Crippen LogP contribution is -2.24. The van der Waals surface area contributed by atoms with Crippen LogP contribution in [0.15, 0.2) is 64.6 Å². The van der Waals surface area contributed by atoms with Gasteiger partial charge in [-0.3, -0.25) is 9.59 Å². The number of halogens is 1. The van der Waals surface area contributed by atoms with Crippen molar-refractivity contribution in [1.29, 1.82) is 0 Å². The summed E-state index contributed by atoms with van der Waals surface area (Å²) in [5.74, 6) is -1.44. The molecule has 2 aromatic carbocycles. The summed E-state index contributed by atoms with van der Waals surface area (Å²) in [6.07, 6.45) is 0. The molecule has 0 aliphatic carbocycles. The van der Waals surface area contributed by atoms with Gasteiger partial charge in [0.25, 0.3) is 11.7 Å². The number of hydrogen-bond donors (Lipinski definition) is 1. The molecule has 0 bridgehead atoms. The van der Waals surface area contributed by atoms with Gasteiger partial charge >= 0.3 is 0 Å². The van der Waals surface area contributed by atoms with E-state index < -0.39 is 17.7 Å². The summed E-state index contributed by atoms with van der Waals surface area (Å²) in [6.45, 7) is 0. The number of carbonyl (C=O) groups is 2. The van der Waals surface area contributed by atoms with Crippen LogP contribution in [0.25, 0.3) is 5.76 Å². The van der Waals surface area contributed by atoms with Crippen LogP contribution in [0.1, 0.15) is 17.2 Å². The molecule has 1 fully saturated rings. The molecule has 23 heavy (non-hydrogen) atoms. The highest BCUT2D eigenvalue weighted by molar-refractivity contribution is 9.10. The number of rotatable bonds is 2. The zero-order chi connectivity index (χ0) is 16.6. The van der Waals surface area contributed by atoms with Crippen molar-refractivity contribution < 1.29 is 14.7 Å². The van der Waals surface area contributed by atoms with Crippen molar-refractivity contribution in [3.05, 3.63) is 75.8 Å². The average Bonchev–Trinajstić information content (AvgIpc) is 2.80. The van der Waals surface area contributed by atoms with Gasteiger partial charge in [0.05, 0.1) is 11.6 Å². The summed E-state index contributed by atoms with van der Waals surface area (Å²) in [5.41, 5.74) is 1.40. The molecular formula is C18H14BrNO3. The van der Waals surface area contributed by atoms with Gasteiger partial charge in [-0.1, -0.05) is 58.4 Å². The van der Waals surface area contributed by atoms with E-state index in [0.717, 1.165) is 10.0 Å². The Balaban J connectivity index is 2.17. The van der Waals surface area contributed by atoms with E-state index in [1.165, 1.54) is 4.90 Å². The zero-order valence-electron chi connectivity index (χ0n) is 12.4. The SMILES string of the molecule is CN1C(=O)C(=O)C(=C(O)c2ccc(Br)cc2)[C@H]1c1ccccc1. The first-order chi connectivity index (χ1) is 11.0. The van der Waals surface area contributed by atoms with Crippen LogP contribution in [0, 0.1) is 0 Å². The fraction of sp³-hybridized carbons (Fsp3) is 0.111. The normalized spacial score (nSPS) is 20.1. The lowest BCUT2D eigenvalue weighted by Gasteiger charge is -2.20. The number of aliphatic hydroxyl groups excluding tert-OH is 1. The molecule has 0 unspecified atom stereocenters. The maximum atomic E-state index is 12.4. The smallest absolute Gasteiger partial charge is 0.295 e. The molecule has 1 heterocycles. The molecule has 3 rings (SSSR count). The van der Waals surface area contributed by atoms with Crippen LogP contribution in [0.4, 0.5) is 0 Å². The van der Waals surface area contributed by atoms with Crippen molar-refractivity contribution in [3.63, 3.8) is 0 Å². The third kappa shape index (κ3) is 2.68. The second-order valence-corrected chi connectivity index (χ2v) is 6.24. The van der Waals surface area contributed by atoms with Gasteiger partial charge in [0.1, 0.15) is 5.76 Å². The number of ketones is 1. The van der Waals surface area contributed by atoms with Crippen LogP contribution in [0.5, 0.6) is 0 Å². The van der Waals surface area contributed by atoms with E-state index in [2.05, 4.69) is 15.9 Å². The van der Waals surface area contributed by atoms with E-state index in [-0.39, 0.29) is 11.3 Å². The third-order valence-electron chi connectivity index (χ3n) is 3.91. The van der Waals surface area contributed by atoms with E-state index in [4.69, 9.17) is 0 Å². The van der Waals surface area contributed by atoms with Crippen molar-refractivity contribution >= 4 is 33.4 Å². The molecule has 2 aromatic rings. The second kappa shape index (κ2) is 6.01. The van der Waals surface area contributed by atoms with E-state index in [0.29, 0.717) is 5.56 Å². The molecule has 1 N–H and O–H groups in total. The standard InChI is InChI=1S/C18H14BrNO3/c1-20-15(11-5-3-2-4-6-11)14(17(22)18(20)23)16(21)12-7-9-13(19)10-8-12/h2-10,15,21H,1H3/t15-/m1/s1. The minimum absolute atomic E-state index is 0.117. The van der Waals surface area contributed by atoms with Gasteiger partial charge < -0.3 is 10.0 Å². The fourth-order valence-electron chi connectivity index (χ4n) is 2.74. The zero-order valence-corrected chi connectivity index (χ0v) is 13.9. The van der Waals surface area contributed by atoms with Crippen LogP contribution < -0.4 is 0 Å². The van der Waals surface area contributed by atoms with E-state index >= 15 is 0 Å². The van der Waals surface area contributed by atoms with Crippen LogP contribution in [-0.4, -0.2) is 28.7 Å². The van der Waals surface area contributed by atoms with E-state index in [9.17, 15) is 14.7 Å². The largest absolute Gasteiger partial charge is 0.507 e. The lowest BCUT2D eigenvalue weighted by atomic mass is 9.95. The summed E-state index contributed by atoms with van der Waals surface area (Å²) in [6, 6.07) is 15.6. The summed E-state index contributed by atoms with van der Waals surface area (Å²) in [5, 5.41) is 10.6. The van der Waals surface area contributed by atoms with Crippen molar-refractivity contribution in [2.24, 2.45) is 0 Å².